The molecule has 2 heterocycles. The van der Waals surface area contributed by atoms with E-state index in [4.69, 9.17) is 0 Å². The van der Waals surface area contributed by atoms with Gasteiger partial charge in [-0.3, -0.25) is 0 Å². The molecule has 62 valence electrons. The van der Waals surface area contributed by atoms with E-state index in [0.29, 0.717) is 0 Å². The number of rotatable bonds is 2. The van der Waals surface area contributed by atoms with Crippen LogP contribution in [0.3, 0.4) is 0 Å². The summed E-state index contributed by atoms with van der Waals surface area (Å²) in [7, 11) is 0. The average Bonchev–Trinajstić information content (AvgIpc) is 2.61. The molecule has 0 spiro atoms. The second-order valence-corrected chi connectivity index (χ2v) is 4.17. The van der Waals surface area contributed by atoms with E-state index in [1.807, 2.05) is 6.08 Å². The molecule has 2 aromatic rings. The molecule has 12 heavy (non-hydrogen) atoms. The molecule has 1 N–H and O–H groups in total. The van der Waals surface area contributed by atoms with E-state index in [2.05, 4.69) is 29.3 Å². The highest BCUT2D eigenvalue weighted by Crippen LogP contribution is 2.34. The maximum absolute atomic E-state index is 3.77. The summed E-state index contributed by atoms with van der Waals surface area (Å²) >= 11 is 3.54. The lowest BCUT2D eigenvalue weighted by Gasteiger charge is -1.92. The van der Waals surface area contributed by atoms with E-state index in [0.717, 1.165) is 5.69 Å². The third kappa shape index (κ3) is 1.01. The molecule has 0 atom stereocenters. The Morgan fingerprint density at radius 2 is 2.50 bits per heavy atom. The van der Waals surface area contributed by atoms with E-state index in [1.54, 1.807) is 23.1 Å². The zero-order chi connectivity index (χ0) is 8.55. The van der Waals surface area contributed by atoms with Gasteiger partial charge in [-0.15, -0.1) is 23.1 Å². The van der Waals surface area contributed by atoms with Crippen LogP contribution in [0.2, 0.25) is 0 Å². The molecule has 2 aromatic heterocycles. The molecule has 0 amide bonds. The highest BCUT2D eigenvalue weighted by molar-refractivity contribution is 7.99. The number of nitrogens with one attached hydrogen (secondary N) is 1. The fraction of sp³-hybridized carbons (Fsp3) is 0.111. The number of hydrogen-bond donors (Lipinski definition) is 1. The summed E-state index contributed by atoms with van der Waals surface area (Å²) in [4.78, 5) is 4.63. The molecule has 0 saturated carbocycles. The summed E-state index contributed by atoms with van der Waals surface area (Å²) in [5.74, 6) is 0. The van der Waals surface area contributed by atoms with Crippen molar-refractivity contribution in [2.45, 2.75) is 4.90 Å². The SMILES string of the molecule is C=Cc1[nH]c2ccsc2c1SC. The van der Waals surface area contributed by atoms with Gasteiger partial charge in [-0.05, 0) is 23.8 Å². The molecule has 0 radical (unpaired) electrons. The van der Waals surface area contributed by atoms with Crippen molar-refractivity contribution in [3.63, 3.8) is 0 Å². The Labute approximate surface area is 79.5 Å². The van der Waals surface area contributed by atoms with Gasteiger partial charge in [-0.2, -0.15) is 0 Å². The monoisotopic (exact) mass is 195 g/mol. The highest BCUT2D eigenvalue weighted by atomic mass is 32.2. The van der Waals surface area contributed by atoms with Crippen LogP contribution >= 0.6 is 23.1 Å². The number of thioether (sulfide) groups is 1. The van der Waals surface area contributed by atoms with Gasteiger partial charge < -0.3 is 4.98 Å². The maximum Gasteiger partial charge on any atom is 0.0662 e. The lowest BCUT2D eigenvalue weighted by atomic mass is 10.4. The molecule has 0 saturated heterocycles. The number of hydrogen-bond acceptors (Lipinski definition) is 2. The Bertz CT molecular complexity index is 411. The molecule has 0 fully saturated rings. The van der Waals surface area contributed by atoms with Crippen LogP contribution in [0.5, 0.6) is 0 Å². The van der Waals surface area contributed by atoms with Gasteiger partial charge in [-0.1, -0.05) is 6.58 Å². The third-order valence-electron chi connectivity index (χ3n) is 1.79. The second-order valence-electron chi connectivity index (χ2n) is 2.44. The predicted octanol–water partition coefficient (Wildman–Crippen LogP) is 3.59. The molecule has 0 aliphatic carbocycles. The Hall–Kier alpha value is -0.670. The number of H-pyrrole nitrogens is 1. The first-order valence-electron chi connectivity index (χ1n) is 3.62. The van der Waals surface area contributed by atoms with Gasteiger partial charge in [0.15, 0.2) is 0 Å². The molecule has 0 unspecified atom stereocenters. The molecular formula is C9H9NS2. The van der Waals surface area contributed by atoms with E-state index in [9.17, 15) is 0 Å². The lowest BCUT2D eigenvalue weighted by molar-refractivity contribution is 1.37. The summed E-state index contributed by atoms with van der Waals surface area (Å²) in [6, 6.07) is 2.10. The van der Waals surface area contributed by atoms with Crippen LogP contribution in [0, 0.1) is 0 Å². The molecule has 1 nitrogen and oxygen atoms in total. The third-order valence-corrected chi connectivity index (χ3v) is 3.69. The van der Waals surface area contributed by atoms with Crippen LogP contribution in [0.25, 0.3) is 16.3 Å². The van der Waals surface area contributed by atoms with Crippen LogP contribution in [-0.2, 0) is 0 Å². The number of aromatic amines is 1. The second kappa shape index (κ2) is 2.99. The van der Waals surface area contributed by atoms with Crippen LogP contribution in [0.4, 0.5) is 0 Å². The Morgan fingerprint density at radius 1 is 1.67 bits per heavy atom. The van der Waals surface area contributed by atoms with E-state index in [-0.39, 0.29) is 0 Å². The van der Waals surface area contributed by atoms with Crippen molar-refractivity contribution < 1.29 is 0 Å². The molecule has 0 aliphatic rings. The largest absolute Gasteiger partial charge is 0.353 e. The first-order valence-corrected chi connectivity index (χ1v) is 5.73. The van der Waals surface area contributed by atoms with Crippen molar-refractivity contribution in [2.75, 3.05) is 6.26 Å². The van der Waals surface area contributed by atoms with Gasteiger partial charge in [0.05, 0.1) is 15.9 Å². The van der Waals surface area contributed by atoms with Crippen LogP contribution in [0.1, 0.15) is 5.69 Å². The first kappa shape index (κ1) is 7.95. The quantitative estimate of drug-likeness (QED) is 0.724. The van der Waals surface area contributed by atoms with E-state index < -0.39 is 0 Å². The summed E-state index contributed by atoms with van der Waals surface area (Å²) in [5.41, 5.74) is 2.36. The molecule has 0 aliphatic heterocycles. The van der Waals surface area contributed by atoms with Crippen LogP contribution in [-0.4, -0.2) is 11.2 Å². The zero-order valence-corrected chi connectivity index (χ0v) is 8.39. The normalized spacial score (nSPS) is 10.8. The van der Waals surface area contributed by atoms with Crippen molar-refractivity contribution in [3.8, 4) is 0 Å². The van der Waals surface area contributed by atoms with Crippen molar-refractivity contribution in [1.29, 1.82) is 0 Å². The van der Waals surface area contributed by atoms with Crippen LogP contribution in [0.15, 0.2) is 22.9 Å². The van der Waals surface area contributed by atoms with Gasteiger partial charge in [0.25, 0.3) is 0 Å². The fourth-order valence-corrected chi connectivity index (χ4v) is 3.10. The summed E-state index contributed by atoms with van der Waals surface area (Å²) < 4.78 is 1.34. The van der Waals surface area contributed by atoms with Gasteiger partial charge in [0.1, 0.15) is 0 Å². The topological polar surface area (TPSA) is 15.8 Å². The minimum absolute atomic E-state index is 1.14. The fourth-order valence-electron chi connectivity index (χ4n) is 1.25. The van der Waals surface area contributed by atoms with Crippen molar-refractivity contribution in [2.24, 2.45) is 0 Å². The lowest BCUT2D eigenvalue weighted by Crippen LogP contribution is -1.71. The number of aromatic nitrogens is 1. The average molecular weight is 195 g/mol. The summed E-state index contributed by atoms with van der Waals surface area (Å²) in [6.45, 7) is 3.77. The number of thiophene rings is 1. The highest BCUT2D eigenvalue weighted by Gasteiger charge is 2.08. The van der Waals surface area contributed by atoms with Gasteiger partial charge in [-0.25, -0.2) is 0 Å². The van der Waals surface area contributed by atoms with E-state index in [1.165, 1.54) is 15.1 Å². The van der Waals surface area contributed by atoms with Crippen LogP contribution < -0.4 is 0 Å². The summed E-state index contributed by atoms with van der Waals surface area (Å²) in [6.07, 6.45) is 3.97. The molecular weight excluding hydrogens is 186 g/mol. The Morgan fingerprint density at radius 3 is 3.17 bits per heavy atom. The van der Waals surface area contributed by atoms with E-state index >= 15 is 0 Å². The minimum atomic E-state index is 1.14. The van der Waals surface area contributed by atoms with Crippen molar-refractivity contribution in [1.82, 2.24) is 4.98 Å². The maximum atomic E-state index is 3.77. The standard InChI is InChI=1S/C9H9NS2/c1-3-6-8(11-2)9-7(10-6)4-5-12-9/h3-5,10H,1H2,2H3. The van der Waals surface area contributed by atoms with Crippen molar-refractivity contribution >= 4 is 39.4 Å². The Balaban J connectivity index is 2.78. The van der Waals surface area contributed by atoms with Gasteiger partial charge in [0.2, 0.25) is 0 Å². The minimum Gasteiger partial charge on any atom is -0.353 e. The summed E-state index contributed by atoms with van der Waals surface area (Å²) in [5, 5.41) is 2.10. The molecule has 2 rings (SSSR count). The first-order chi connectivity index (χ1) is 5.86. The van der Waals surface area contributed by atoms with Crippen molar-refractivity contribution in [3.05, 3.63) is 23.7 Å². The van der Waals surface area contributed by atoms with Gasteiger partial charge in [0, 0.05) is 4.90 Å². The molecule has 3 heteroatoms. The predicted molar refractivity (Wildman–Crippen MR) is 58.0 cm³/mol. The zero-order valence-electron chi connectivity index (χ0n) is 6.76. The molecule has 0 bridgehead atoms. The van der Waals surface area contributed by atoms with Gasteiger partial charge >= 0.3 is 0 Å². The Kier molecular flexibility index (Phi) is 1.98. The smallest absolute Gasteiger partial charge is 0.0662 e. The molecule has 0 aromatic carbocycles. The number of fused-ring (bicyclic) bond motifs is 1.